The maximum atomic E-state index is 11.7. The lowest BCUT2D eigenvalue weighted by atomic mass is 10.2. The maximum absolute atomic E-state index is 11.7. The highest BCUT2D eigenvalue weighted by atomic mass is 32.1. The summed E-state index contributed by atoms with van der Waals surface area (Å²) < 4.78 is 0. The van der Waals surface area contributed by atoms with Gasteiger partial charge in [-0.15, -0.1) is 11.3 Å². The van der Waals surface area contributed by atoms with Crippen molar-refractivity contribution in [2.75, 3.05) is 24.8 Å². The molecule has 2 heterocycles. The quantitative estimate of drug-likeness (QED) is 0.920. The van der Waals surface area contributed by atoms with Crippen LogP contribution < -0.4 is 10.2 Å². The van der Waals surface area contributed by atoms with Crippen molar-refractivity contribution < 1.29 is 4.79 Å². The summed E-state index contributed by atoms with van der Waals surface area (Å²) in [6, 6.07) is 4.10. The standard InChI is InChI=1S/C13H20N4OS/c1-10(2)7-17(11(3)18)13-14-8-16(9-15-13)12-5-4-6-19-12/h4-6,10H,7-9H2,1-3H3,(H,14,15). The van der Waals surface area contributed by atoms with Gasteiger partial charge in [0.2, 0.25) is 11.9 Å². The van der Waals surface area contributed by atoms with E-state index in [4.69, 9.17) is 0 Å². The Balaban J connectivity index is 2.04. The molecule has 0 unspecified atom stereocenters. The van der Waals surface area contributed by atoms with E-state index in [1.165, 1.54) is 5.00 Å². The topological polar surface area (TPSA) is 47.9 Å². The summed E-state index contributed by atoms with van der Waals surface area (Å²) >= 11 is 1.69. The molecule has 0 aliphatic carbocycles. The number of aliphatic imine (C=N–C) groups is 1. The summed E-state index contributed by atoms with van der Waals surface area (Å²) in [5.41, 5.74) is 0. The zero-order chi connectivity index (χ0) is 13.8. The fourth-order valence-corrected chi connectivity index (χ4v) is 2.66. The molecule has 1 aliphatic rings. The van der Waals surface area contributed by atoms with Crippen molar-refractivity contribution in [1.82, 2.24) is 10.2 Å². The van der Waals surface area contributed by atoms with E-state index in [9.17, 15) is 4.79 Å². The van der Waals surface area contributed by atoms with Crippen LogP contribution in [0, 0.1) is 5.92 Å². The van der Waals surface area contributed by atoms with E-state index in [2.05, 4.69) is 40.5 Å². The monoisotopic (exact) mass is 280 g/mol. The normalized spacial score (nSPS) is 15.2. The second-order valence-corrected chi connectivity index (χ2v) is 5.90. The first-order chi connectivity index (χ1) is 9.08. The largest absolute Gasteiger partial charge is 0.338 e. The Bertz CT molecular complexity index is 455. The minimum absolute atomic E-state index is 0.0320. The number of rotatable bonds is 3. The molecular weight excluding hydrogens is 260 g/mol. The van der Waals surface area contributed by atoms with Gasteiger partial charge in [-0.1, -0.05) is 13.8 Å². The third kappa shape index (κ3) is 3.47. The summed E-state index contributed by atoms with van der Waals surface area (Å²) in [6.07, 6.45) is 0. The minimum Gasteiger partial charge on any atom is -0.338 e. The Morgan fingerprint density at radius 1 is 1.63 bits per heavy atom. The zero-order valence-electron chi connectivity index (χ0n) is 11.6. The third-order valence-electron chi connectivity index (χ3n) is 2.82. The number of guanidine groups is 1. The molecule has 1 aromatic heterocycles. The molecule has 104 valence electrons. The number of amides is 1. The Hall–Kier alpha value is -1.56. The number of hydrogen-bond acceptors (Lipinski definition) is 5. The molecule has 1 aromatic rings. The molecule has 0 atom stereocenters. The van der Waals surface area contributed by atoms with E-state index in [-0.39, 0.29) is 5.91 Å². The molecule has 0 bridgehead atoms. The van der Waals surface area contributed by atoms with Crippen LogP contribution in [0.3, 0.4) is 0 Å². The van der Waals surface area contributed by atoms with E-state index < -0.39 is 0 Å². The lowest BCUT2D eigenvalue weighted by Gasteiger charge is -2.32. The van der Waals surface area contributed by atoms with E-state index in [0.29, 0.717) is 31.8 Å². The van der Waals surface area contributed by atoms with Gasteiger partial charge in [0.1, 0.15) is 6.67 Å². The van der Waals surface area contributed by atoms with Gasteiger partial charge in [-0.2, -0.15) is 0 Å². The molecule has 1 aliphatic heterocycles. The van der Waals surface area contributed by atoms with Gasteiger partial charge in [-0.25, -0.2) is 4.99 Å². The van der Waals surface area contributed by atoms with Crippen molar-refractivity contribution in [2.45, 2.75) is 20.8 Å². The van der Waals surface area contributed by atoms with E-state index in [1.54, 1.807) is 23.2 Å². The fraction of sp³-hybridized carbons (Fsp3) is 0.538. The van der Waals surface area contributed by atoms with Gasteiger partial charge in [-0.05, 0) is 23.4 Å². The maximum Gasteiger partial charge on any atom is 0.226 e. The first-order valence-corrected chi connectivity index (χ1v) is 7.30. The van der Waals surface area contributed by atoms with Crippen LogP contribution in [0.4, 0.5) is 5.00 Å². The Morgan fingerprint density at radius 2 is 2.42 bits per heavy atom. The predicted molar refractivity (Wildman–Crippen MR) is 79.3 cm³/mol. The van der Waals surface area contributed by atoms with Crippen LogP contribution in [0.25, 0.3) is 0 Å². The number of nitrogens with zero attached hydrogens (tertiary/aromatic N) is 3. The number of anilines is 1. The Morgan fingerprint density at radius 3 is 2.89 bits per heavy atom. The second kappa shape index (κ2) is 6.06. The van der Waals surface area contributed by atoms with Crippen LogP contribution in [0.2, 0.25) is 0 Å². The first kappa shape index (κ1) is 13.9. The highest BCUT2D eigenvalue weighted by Crippen LogP contribution is 2.21. The first-order valence-electron chi connectivity index (χ1n) is 6.43. The summed E-state index contributed by atoms with van der Waals surface area (Å²) in [6.45, 7) is 7.74. The molecule has 0 saturated carbocycles. The molecular formula is C13H20N4OS. The van der Waals surface area contributed by atoms with Crippen LogP contribution >= 0.6 is 11.3 Å². The molecule has 0 saturated heterocycles. The van der Waals surface area contributed by atoms with Crippen LogP contribution in [0.5, 0.6) is 0 Å². The number of carbonyl (C=O) groups is 1. The van der Waals surface area contributed by atoms with Gasteiger partial charge >= 0.3 is 0 Å². The lowest BCUT2D eigenvalue weighted by molar-refractivity contribution is -0.125. The molecule has 1 amide bonds. The van der Waals surface area contributed by atoms with Gasteiger partial charge in [-0.3, -0.25) is 9.69 Å². The van der Waals surface area contributed by atoms with Crippen LogP contribution in [0.15, 0.2) is 22.5 Å². The van der Waals surface area contributed by atoms with Gasteiger partial charge in [0.25, 0.3) is 0 Å². The molecule has 0 aromatic carbocycles. The van der Waals surface area contributed by atoms with E-state index in [1.807, 2.05) is 6.07 Å². The third-order valence-corrected chi connectivity index (χ3v) is 3.75. The average Bonchev–Trinajstić information content (AvgIpc) is 2.89. The molecule has 1 N–H and O–H groups in total. The number of thiophene rings is 1. The van der Waals surface area contributed by atoms with Crippen molar-refractivity contribution in [1.29, 1.82) is 0 Å². The van der Waals surface area contributed by atoms with Crippen molar-refractivity contribution >= 4 is 28.2 Å². The van der Waals surface area contributed by atoms with Crippen molar-refractivity contribution in [3.63, 3.8) is 0 Å². The lowest BCUT2D eigenvalue weighted by Crippen LogP contribution is -2.52. The van der Waals surface area contributed by atoms with Crippen molar-refractivity contribution in [2.24, 2.45) is 10.9 Å². The number of carbonyl (C=O) groups excluding carboxylic acids is 1. The summed E-state index contributed by atoms with van der Waals surface area (Å²) in [7, 11) is 0. The van der Waals surface area contributed by atoms with Gasteiger partial charge in [0.15, 0.2) is 0 Å². The molecule has 0 spiro atoms. The van der Waals surface area contributed by atoms with Crippen LogP contribution in [0.1, 0.15) is 20.8 Å². The molecule has 19 heavy (non-hydrogen) atoms. The van der Waals surface area contributed by atoms with Crippen LogP contribution in [-0.4, -0.2) is 36.6 Å². The molecule has 5 nitrogen and oxygen atoms in total. The number of hydrogen-bond donors (Lipinski definition) is 1. The summed E-state index contributed by atoms with van der Waals surface area (Å²) in [5.74, 6) is 1.14. The molecule has 2 rings (SSSR count). The Labute approximate surface area is 117 Å². The second-order valence-electron chi connectivity index (χ2n) is 4.97. The summed E-state index contributed by atoms with van der Waals surface area (Å²) in [4.78, 5) is 20.0. The molecule has 0 radical (unpaired) electrons. The zero-order valence-corrected chi connectivity index (χ0v) is 12.4. The number of nitrogens with one attached hydrogen (secondary N) is 1. The average molecular weight is 280 g/mol. The smallest absolute Gasteiger partial charge is 0.226 e. The minimum atomic E-state index is 0.0320. The van der Waals surface area contributed by atoms with Gasteiger partial charge in [0.05, 0.1) is 11.7 Å². The Kier molecular flexibility index (Phi) is 4.42. The van der Waals surface area contributed by atoms with Crippen molar-refractivity contribution in [3.05, 3.63) is 17.5 Å². The van der Waals surface area contributed by atoms with Gasteiger partial charge in [0, 0.05) is 13.5 Å². The fourth-order valence-electron chi connectivity index (χ4n) is 1.93. The predicted octanol–water partition coefficient (Wildman–Crippen LogP) is 1.93. The SMILES string of the molecule is CC(=O)N(CC(C)C)C1=NCN(c2cccs2)CN1. The van der Waals surface area contributed by atoms with E-state index >= 15 is 0 Å². The van der Waals surface area contributed by atoms with Crippen LogP contribution in [-0.2, 0) is 4.79 Å². The summed E-state index contributed by atoms with van der Waals surface area (Å²) in [5, 5.41) is 6.47. The molecule has 0 fully saturated rings. The highest BCUT2D eigenvalue weighted by Gasteiger charge is 2.21. The van der Waals surface area contributed by atoms with E-state index in [0.717, 1.165) is 0 Å². The van der Waals surface area contributed by atoms with Crippen molar-refractivity contribution in [3.8, 4) is 0 Å². The van der Waals surface area contributed by atoms with Gasteiger partial charge < -0.3 is 10.2 Å². The highest BCUT2D eigenvalue weighted by molar-refractivity contribution is 7.14. The molecule has 6 heteroatoms.